The van der Waals surface area contributed by atoms with Gasteiger partial charge in [-0.1, -0.05) is 0 Å². The van der Waals surface area contributed by atoms with E-state index in [0.717, 1.165) is 0 Å². The van der Waals surface area contributed by atoms with Crippen LogP contribution < -0.4 is 4.74 Å². The number of aromatic hydroxyl groups is 5. The van der Waals surface area contributed by atoms with Crippen molar-refractivity contribution >= 4 is 29.7 Å². The van der Waals surface area contributed by atoms with Crippen LogP contribution >= 0.6 is 0 Å². The molecule has 1 aliphatic carbocycles. The number of aliphatic hydroxyl groups excluding tert-OH is 3. The molecule has 7 aliphatic heterocycles. The maximum atomic E-state index is 15.1. The molecule has 24 heteroatoms. The molecule has 13 atom stereocenters. The second-order valence-electron chi connectivity index (χ2n) is 14.4. The molecule has 1 saturated carbocycles. The summed E-state index contributed by atoms with van der Waals surface area (Å²) in [5, 5.41) is 120. The van der Waals surface area contributed by atoms with Gasteiger partial charge in [0.25, 0.3) is 11.6 Å². The molecule has 0 radical (unpaired) electrons. The first-order valence-corrected chi connectivity index (χ1v) is 16.8. The minimum absolute atomic E-state index is 0.484. The minimum atomic E-state index is -3.84. The fraction of sp³-hybridized carbons (Fsp3) is 0.485. The van der Waals surface area contributed by atoms with Crippen molar-refractivity contribution in [3.63, 3.8) is 0 Å². The van der Waals surface area contributed by atoms with Crippen LogP contribution in [0.1, 0.15) is 38.6 Å². The fourth-order valence-corrected chi connectivity index (χ4v) is 9.03. The Kier molecular flexibility index (Phi) is 7.34. The number of hydrogen-bond donors (Lipinski definition) is 11. The van der Waals surface area contributed by atoms with Gasteiger partial charge in [0, 0.05) is 12.0 Å². The Labute approximate surface area is 314 Å². The highest BCUT2D eigenvalue weighted by atomic mass is 16.8. The number of fused-ring (bicyclic) bond motifs is 4. The summed E-state index contributed by atoms with van der Waals surface area (Å²) in [5.74, 6) is -28.6. The van der Waals surface area contributed by atoms with Gasteiger partial charge >= 0.3 is 23.9 Å². The molecule has 24 nitrogen and oxygen atoms in total. The van der Waals surface area contributed by atoms with Gasteiger partial charge in [-0.25, -0.2) is 14.4 Å². The largest absolute Gasteiger partial charge is 0.504 e. The molecule has 0 amide bonds. The number of Topliss-reactive ketones (excluding diaryl/α,β-unsaturated/α-hetero) is 1. The maximum Gasteiger partial charge on any atom is 0.346 e. The van der Waals surface area contributed by atoms with E-state index in [1.54, 1.807) is 0 Å². The summed E-state index contributed by atoms with van der Waals surface area (Å²) < 4.78 is 43.8. The van der Waals surface area contributed by atoms with Gasteiger partial charge in [-0.05, 0) is 18.2 Å². The number of benzene rings is 2. The van der Waals surface area contributed by atoms with E-state index in [9.17, 15) is 75.3 Å². The number of rotatable bonds is 3. The Morgan fingerprint density at radius 1 is 0.842 bits per heavy atom. The zero-order valence-corrected chi connectivity index (χ0v) is 28.2. The van der Waals surface area contributed by atoms with Gasteiger partial charge in [-0.2, -0.15) is 0 Å². The molecule has 10 rings (SSSR count). The number of carbonyl (C=O) groups excluding carboxylic acids is 5. The third-order valence-corrected chi connectivity index (χ3v) is 11.6. The van der Waals surface area contributed by atoms with Crippen molar-refractivity contribution in [1.29, 1.82) is 0 Å². The first kappa shape index (κ1) is 37.0. The van der Waals surface area contributed by atoms with Crippen LogP contribution in [0.25, 0.3) is 0 Å². The van der Waals surface area contributed by atoms with Gasteiger partial charge in [0.15, 0.2) is 52.8 Å². The maximum absolute atomic E-state index is 15.1. The van der Waals surface area contributed by atoms with Crippen molar-refractivity contribution in [2.75, 3.05) is 13.2 Å². The smallest absolute Gasteiger partial charge is 0.346 e. The molecule has 7 heterocycles. The number of ketones is 1. The number of phenols is 5. The van der Waals surface area contributed by atoms with Crippen molar-refractivity contribution in [1.82, 2.24) is 0 Å². The van der Waals surface area contributed by atoms with E-state index in [2.05, 4.69) is 0 Å². The highest BCUT2D eigenvalue weighted by Crippen LogP contribution is 2.75. The summed E-state index contributed by atoms with van der Waals surface area (Å²) in [7, 11) is 0. The van der Waals surface area contributed by atoms with E-state index >= 15 is 4.79 Å². The zero-order chi connectivity index (χ0) is 41.1. The lowest BCUT2D eigenvalue weighted by Crippen LogP contribution is -2.88. The zero-order valence-electron chi connectivity index (χ0n) is 28.2. The summed E-state index contributed by atoms with van der Waals surface area (Å²) >= 11 is 0. The Morgan fingerprint density at radius 2 is 1.51 bits per heavy atom. The van der Waals surface area contributed by atoms with Crippen LogP contribution in [0.2, 0.25) is 0 Å². The molecule has 8 aliphatic rings. The average Bonchev–Trinajstić information content (AvgIpc) is 3.72. The second-order valence-corrected chi connectivity index (χ2v) is 14.4. The molecular formula is C33H28O24. The molecule has 4 bridgehead atoms. The van der Waals surface area contributed by atoms with Crippen LogP contribution in [0.4, 0.5) is 0 Å². The van der Waals surface area contributed by atoms with Crippen LogP contribution in [-0.2, 0) is 47.5 Å². The minimum Gasteiger partial charge on any atom is -0.504 e. The SMILES string of the molecule is O=C(O[C@@H]1O[C@H](CO)[C@H]2OC(=O)[C@@]34CC(=O)[C@@](O)(O[C@]35C(=O)O[C@@H]3[C@@H](O)CO[C@@]35O)[C@]3(O)Oc5c(O)c(O)cc(c5[C@@H]34)C(=O)O[C@@H]1[C@H]2O)c1cc(O)c(O)c(O)c1. The molecule has 2 aromatic rings. The van der Waals surface area contributed by atoms with Crippen LogP contribution in [0.3, 0.4) is 0 Å². The molecule has 0 aromatic heterocycles. The Hall–Kier alpha value is -5.57. The van der Waals surface area contributed by atoms with Crippen molar-refractivity contribution in [2.45, 2.75) is 78.2 Å². The quantitative estimate of drug-likeness (QED) is 0.0787. The van der Waals surface area contributed by atoms with Crippen molar-refractivity contribution in [2.24, 2.45) is 5.41 Å². The summed E-state index contributed by atoms with van der Waals surface area (Å²) in [6.07, 6.45) is -16.8. The molecule has 11 N–H and O–H groups in total. The molecule has 2 aromatic carbocycles. The van der Waals surface area contributed by atoms with Gasteiger partial charge < -0.3 is 94.1 Å². The van der Waals surface area contributed by atoms with E-state index in [1.165, 1.54) is 0 Å². The lowest BCUT2D eigenvalue weighted by Gasteiger charge is -2.64. The molecule has 5 saturated heterocycles. The van der Waals surface area contributed by atoms with E-state index in [0.29, 0.717) is 18.2 Å². The topological polar surface area (TPSA) is 382 Å². The number of esters is 4. The van der Waals surface area contributed by atoms with Gasteiger partial charge in [0.2, 0.25) is 23.4 Å². The lowest BCUT2D eigenvalue weighted by molar-refractivity contribution is -0.459. The van der Waals surface area contributed by atoms with Crippen molar-refractivity contribution in [3.05, 3.63) is 34.9 Å². The highest BCUT2D eigenvalue weighted by molar-refractivity contribution is 6.06. The third kappa shape index (κ3) is 4.12. The summed E-state index contributed by atoms with van der Waals surface area (Å²) in [5.41, 5.74) is -9.51. The number of ether oxygens (including phenoxy) is 8. The number of aliphatic hydroxyl groups is 6. The lowest BCUT2D eigenvalue weighted by atomic mass is 9.47. The van der Waals surface area contributed by atoms with E-state index in [1.807, 2.05) is 0 Å². The normalized spacial score (nSPS) is 42.4. The number of hydrogen-bond acceptors (Lipinski definition) is 24. The summed E-state index contributed by atoms with van der Waals surface area (Å²) in [6.45, 7) is -2.04. The van der Waals surface area contributed by atoms with Crippen molar-refractivity contribution in [3.8, 4) is 34.5 Å². The predicted octanol–water partition coefficient (Wildman–Crippen LogP) is -4.81. The van der Waals surface area contributed by atoms with Crippen LogP contribution in [0.15, 0.2) is 18.2 Å². The predicted molar refractivity (Wildman–Crippen MR) is 163 cm³/mol. The molecule has 2 spiro atoms. The second kappa shape index (κ2) is 11.3. The van der Waals surface area contributed by atoms with E-state index in [-0.39, 0.29) is 0 Å². The summed E-state index contributed by atoms with van der Waals surface area (Å²) in [6, 6.07) is 1.76. The van der Waals surface area contributed by atoms with Gasteiger partial charge in [-0.15, -0.1) is 0 Å². The molecule has 6 fully saturated rings. The third-order valence-electron chi connectivity index (χ3n) is 11.6. The first-order valence-electron chi connectivity index (χ1n) is 16.8. The van der Waals surface area contributed by atoms with E-state index < -0.39 is 178 Å². The first-order chi connectivity index (χ1) is 26.7. The van der Waals surface area contributed by atoms with Crippen LogP contribution in [-0.4, -0.2) is 165 Å². The Balaban J connectivity index is 1.26. The average molecular weight is 809 g/mol. The van der Waals surface area contributed by atoms with Gasteiger partial charge in [-0.3, -0.25) is 9.59 Å². The monoisotopic (exact) mass is 808 g/mol. The Morgan fingerprint density at radius 3 is 2.18 bits per heavy atom. The molecule has 304 valence electrons. The van der Waals surface area contributed by atoms with E-state index in [4.69, 9.17) is 37.9 Å². The number of carbonyl (C=O) groups is 5. The molecule has 57 heavy (non-hydrogen) atoms. The number of phenolic OH excluding ortho intramolecular Hbond substituents is 5. The van der Waals surface area contributed by atoms with Gasteiger partial charge in [0.05, 0.1) is 30.3 Å². The molecule has 0 unspecified atom stereocenters. The summed E-state index contributed by atoms with van der Waals surface area (Å²) in [4.78, 5) is 70.7. The highest BCUT2D eigenvalue weighted by Gasteiger charge is 2.97. The fourth-order valence-electron chi connectivity index (χ4n) is 9.03. The molecular weight excluding hydrogens is 780 g/mol. The van der Waals surface area contributed by atoms with Gasteiger partial charge in [0.1, 0.15) is 23.7 Å². The van der Waals surface area contributed by atoms with Crippen LogP contribution in [0, 0.1) is 5.41 Å². The van der Waals surface area contributed by atoms with Crippen molar-refractivity contribution < 1.29 is 118 Å². The Bertz CT molecular complexity index is 2200. The van der Waals surface area contributed by atoms with Crippen LogP contribution in [0.5, 0.6) is 34.5 Å². The standard InChI is InChI=1S/C33H28O24/c34-5-13-19-18(42)21(26(51-13)55-24(43)7-1-9(35)16(40)10(36)2-7)52-25(44)8-3-11(37)17(41)20-15(8)22-29(27(45)53-19)4-14(39)31(47,32(22,48)56-20)57-30(29)28(46)54-23-12(38)6-50-33(23,30)49/h1-3,12-13,18-19,21-23,26,34-38,40-42,47-49H,4-6H2/t12-,13+,18-,19+,21+,22+,23+,26-,29-,30+,31+,32+,33-/m0/s1.